The van der Waals surface area contributed by atoms with Gasteiger partial charge in [-0.05, 0) is 100 Å². The molecule has 2 aromatic rings. The third kappa shape index (κ3) is 5.75. The highest BCUT2D eigenvalue weighted by Gasteiger charge is 2.19. The molecule has 0 bridgehead atoms. The molecule has 2 aromatic carbocycles. The highest BCUT2D eigenvalue weighted by atomic mass is 15.1. The summed E-state index contributed by atoms with van der Waals surface area (Å²) in [6.07, 6.45) is 6.21. The van der Waals surface area contributed by atoms with Gasteiger partial charge in [0.25, 0.3) is 0 Å². The van der Waals surface area contributed by atoms with Gasteiger partial charge in [0.15, 0.2) is 0 Å². The van der Waals surface area contributed by atoms with Crippen LogP contribution in [0.2, 0.25) is 0 Å². The van der Waals surface area contributed by atoms with Gasteiger partial charge in [-0.25, -0.2) is 0 Å². The summed E-state index contributed by atoms with van der Waals surface area (Å²) in [5, 5.41) is 0. The van der Waals surface area contributed by atoms with Gasteiger partial charge >= 0.3 is 0 Å². The third-order valence-corrected chi connectivity index (χ3v) is 6.86. The summed E-state index contributed by atoms with van der Waals surface area (Å²) in [6.45, 7) is 11.5. The van der Waals surface area contributed by atoms with E-state index in [2.05, 4.69) is 78.0 Å². The van der Waals surface area contributed by atoms with Crippen LogP contribution in [0.3, 0.4) is 0 Å². The molecule has 0 unspecified atom stereocenters. The molecular weight excluding hydrogens is 364 g/mol. The van der Waals surface area contributed by atoms with Crippen LogP contribution in [-0.2, 0) is 6.54 Å². The smallest absolute Gasteiger partial charge is 0.0248 e. The van der Waals surface area contributed by atoms with Crippen LogP contribution < -0.4 is 0 Å². The van der Waals surface area contributed by atoms with Crippen LogP contribution in [0.5, 0.6) is 0 Å². The first kappa shape index (κ1) is 21.2. The fourth-order valence-corrected chi connectivity index (χ4v) is 4.84. The van der Waals surface area contributed by atoms with Crippen molar-refractivity contribution in [3.05, 3.63) is 70.3 Å². The number of aryl methyl sites for hydroxylation is 2. The Bertz CT molecular complexity index is 873. The Morgan fingerprint density at radius 1 is 0.867 bits per heavy atom. The zero-order valence-electron chi connectivity index (χ0n) is 18.8. The van der Waals surface area contributed by atoms with Gasteiger partial charge in [0.1, 0.15) is 0 Å². The molecule has 0 atom stereocenters. The first-order chi connectivity index (χ1) is 14.7. The van der Waals surface area contributed by atoms with Crippen molar-refractivity contribution in [2.24, 2.45) is 0 Å². The average Bonchev–Trinajstić information content (AvgIpc) is 3.27. The Morgan fingerprint density at radius 2 is 1.60 bits per heavy atom. The molecule has 0 spiro atoms. The van der Waals surface area contributed by atoms with Gasteiger partial charge < -0.3 is 4.90 Å². The number of piperidine rings is 1. The lowest BCUT2D eigenvalue weighted by Crippen LogP contribution is -2.33. The van der Waals surface area contributed by atoms with Crippen LogP contribution >= 0.6 is 0 Å². The van der Waals surface area contributed by atoms with Crippen molar-refractivity contribution in [2.45, 2.75) is 58.4 Å². The zero-order chi connectivity index (χ0) is 20.8. The zero-order valence-corrected chi connectivity index (χ0v) is 18.8. The Balaban J connectivity index is 1.21. The second kappa shape index (κ2) is 10.3. The lowest BCUT2D eigenvalue weighted by molar-refractivity contribution is 0.217. The number of hydrogen-bond acceptors (Lipinski definition) is 2. The van der Waals surface area contributed by atoms with E-state index in [1.807, 2.05) is 0 Å². The molecule has 0 aromatic heterocycles. The SMILES string of the molecule is Cc1ccc(C2CCN(CCC#Cc3ccc(CN4CCCC4)c(C)c3)CC2)cc1. The van der Waals surface area contributed by atoms with Crippen molar-refractivity contribution >= 4 is 0 Å². The van der Waals surface area contributed by atoms with Crippen molar-refractivity contribution in [2.75, 3.05) is 32.7 Å². The lowest BCUT2D eigenvalue weighted by Gasteiger charge is -2.31. The molecule has 2 fully saturated rings. The standard InChI is InChI=1S/C28H36N2/c1-23-8-11-26(12-9-23)27-14-19-29(20-15-27)16-4-3-7-25-10-13-28(24(2)21-25)22-30-17-5-6-18-30/h8-13,21,27H,4-6,14-20,22H2,1-2H3. The van der Waals surface area contributed by atoms with E-state index >= 15 is 0 Å². The quantitative estimate of drug-likeness (QED) is 0.610. The number of benzene rings is 2. The second-order valence-electron chi connectivity index (χ2n) is 9.20. The van der Waals surface area contributed by atoms with Crippen LogP contribution in [0.4, 0.5) is 0 Å². The molecule has 0 N–H and O–H groups in total. The van der Waals surface area contributed by atoms with E-state index in [1.165, 1.54) is 74.1 Å². The summed E-state index contributed by atoms with van der Waals surface area (Å²) in [6, 6.07) is 15.9. The molecule has 2 aliphatic heterocycles. The highest BCUT2D eigenvalue weighted by molar-refractivity contribution is 5.40. The van der Waals surface area contributed by atoms with E-state index in [1.54, 1.807) is 0 Å². The molecule has 0 amide bonds. The van der Waals surface area contributed by atoms with Crippen molar-refractivity contribution in [3.63, 3.8) is 0 Å². The van der Waals surface area contributed by atoms with Gasteiger partial charge in [-0.2, -0.15) is 0 Å². The van der Waals surface area contributed by atoms with E-state index in [-0.39, 0.29) is 0 Å². The van der Waals surface area contributed by atoms with E-state index in [0.717, 1.165) is 31.0 Å². The van der Waals surface area contributed by atoms with Gasteiger partial charge in [0, 0.05) is 25.1 Å². The van der Waals surface area contributed by atoms with Crippen LogP contribution in [0.25, 0.3) is 0 Å². The Morgan fingerprint density at radius 3 is 2.30 bits per heavy atom. The molecule has 2 saturated heterocycles. The van der Waals surface area contributed by atoms with Gasteiger partial charge in [-0.3, -0.25) is 4.90 Å². The van der Waals surface area contributed by atoms with Crippen molar-refractivity contribution < 1.29 is 0 Å². The summed E-state index contributed by atoms with van der Waals surface area (Å²) in [5.74, 6) is 7.54. The highest BCUT2D eigenvalue weighted by Crippen LogP contribution is 2.28. The number of likely N-dealkylation sites (tertiary alicyclic amines) is 2. The third-order valence-electron chi connectivity index (χ3n) is 6.86. The molecule has 30 heavy (non-hydrogen) atoms. The minimum Gasteiger partial charge on any atom is -0.302 e. The molecule has 2 heterocycles. The molecular formula is C28H36N2. The molecule has 158 valence electrons. The fraction of sp³-hybridized carbons (Fsp3) is 0.500. The minimum atomic E-state index is 0.731. The number of rotatable bonds is 5. The summed E-state index contributed by atoms with van der Waals surface area (Å²) >= 11 is 0. The molecule has 2 nitrogen and oxygen atoms in total. The van der Waals surface area contributed by atoms with E-state index in [0.29, 0.717) is 0 Å². The topological polar surface area (TPSA) is 6.48 Å². The maximum Gasteiger partial charge on any atom is 0.0248 e. The molecule has 2 aliphatic rings. The van der Waals surface area contributed by atoms with Crippen LogP contribution in [0, 0.1) is 25.7 Å². The maximum absolute atomic E-state index is 3.42. The number of hydrogen-bond donors (Lipinski definition) is 0. The minimum absolute atomic E-state index is 0.731. The fourth-order valence-electron chi connectivity index (χ4n) is 4.84. The van der Waals surface area contributed by atoms with E-state index in [4.69, 9.17) is 0 Å². The average molecular weight is 401 g/mol. The number of nitrogens with zero attached hydrogens (tertiary/aromatic N) is 2. The van der Waals surface area contributed by atoms with Crippen LogP contribution in [0.1, 0.15) is 65.8 Å². The summed E-state index contributed by atoms with van der Waals surface area (Å²) in [7, 11) is 0. The van der Waals surface area contributed by atoms with Gasteiger partial charge in [-0.1, -0.05) is 47.7 Å². The Labute approximate surface area is 183 Å². The first-order valence-electron chi connectivity index (χ1n) is 11.8. The predicted molar refractivity (Wildman–Crippen MR) is 127 cm³/mol. The van der Waals surface area contributed by atoms with Crippen LogP contribution in [-0.4, -0.2) is 42.5 Å². The van der Waals surface area contributed by atoms with Crippen molar-refractivity contribution in [1.82, 2.24) is 9.80 Å². The molecule has 0 aliphatic carbocycles. The monoisotopic (exact) mass is 400 g/mol. The predicted octanol–water partition coefficient (Wildman–Crippen LogP) is 5.52. The molecule has 0 radical (unpaired) electrons. The normalized spacial score (nSPS) is 18.3. The largest absolute Gasteiger partial charge is 0.302 e. The van der Waals surface area contributed by atoms with E-state index < -0.39 is 0 Å². The van der Waals surface area contributed by atoms with Crippen molar-refractivity contribution in [3.8, 4) is 11.8 Å². The molecule has 0 saturated carbocycles. The maximum atomic E-state index is 3.42. The summed E-state index contributed by atoms with van der Waals surface area (Å²) in [4.78, 5) is 5.15. The van der Waals surface area contributed by atoms with Crippen molar-refractivity contribution in [1.29, 1.82) is 0 Å². The lowest BCUT2D eigenvalue weighted by atomic mass is 9.89. The van der Waals surface area contributed by atoms with E-state index in [9.17, 15) is 0 Å². The second-order valence-corrected chi connectivity index (χ2v) is 9.20. The Kier molecular flexibility index (Phi) is 7.26. The van der Waals surface area contributed by atoms with Crippen LogP contribution in [0.15, 0.2) is 42.5 Å². The Hall–Kier alpha value is -2.08. The summed E-state index contributed by atoms with van der Waals surface area (Å²) < 4.78 is 0. The van der Waals surface area contributed by atoms with Gasteiger partial charge in [0.2, 0.25) is 0 Å². The van der Waals surface area contributed by atoms with Gasteiger partial charge in [0.05, 0.1) is 0 Å². The summed E-state index contributed by atoms with van der Waals surface area (Å²) in [5.41, 5.74) is 6.87. The van der Waals surface area contributed by atoms with Gasteiger partial charge in [-0.15, -0.1) is 0 Å². The first-order valence-corrected chi connectivity index (χ1v) is 11.8. The molecule has 4 rings (SSSR count). The molecule has 2 heteroatoms.